The van der Waals surface area contributed by atoms with Crippen LogP contribution in [0.4, 0.5) is 0 Å². The molecule has 1 aromatic carbocycles. The van der Waals surface area contributed by atoms with E-state index in [-0.39, 0.29) is 0 Å². The number of allylic oxidation sites excluding steroid dienone is 1. The van der Waals surface area contributed by atoms with Crippen LogP contribution in [0.15, 0.2) is 34.0 Å². The standard InChI is InChI=1S/C9H8Cl4Te/c1-7(14(11,12)13)9(10)8-5-3-2-4-6-8/h2-6H,1H3/b9-7-. The van der Waals surface area contributed by atoms with E-state index >= 15 is 0 Å². The van der Waals surface area contributed by atoms with Gasteiger partial charge in [-0.3, -0.25) is 0 Å². The molecule has 0 spiro atoms. The third kappa shape index (κ3) is 3.49. The van der Waals surface area contributed by atoms with Gasteiger partial charge in [-0.05, 0) is 0 Å². The molecule has 0 saturated carbocycles. The third-order valence-electron chi connectivity index (χ3n) is 1.68. The molecule has 0 amide bonds. The summed E-state index contributed by atoms with van der Waals surface area (Å²) in [6.45, 7) is 1.78. The van der Waals surface area contributed by atoms with Crippen molar-refractivity contribution in [1.82, 2.24) is 0 Å². The van der Waals surface area contributed by atoms with E-state index in [1.807, 2.05) is 30.3 Å². The van der Waals surface area contributed by atoms with Crippen molar-refractivity contribution >= 4 is 58.3 Å². The molecule has 5 heteroatoms. The molecule has 1 rings (SSSR count). The normalized spacial score (nSPS) is 14.9. The minimum absolute atomic E-state index is 0.562. The van der Waals surface area contributed by atoms with E-state index in [0.717, 1.165) is 5.56 Å². The van der Waals surface area contributed by atoms with Crippen LogP contribution in [0.25, 0.3) is 5.03 Å². The maximum atomic E-state index is 6.12. The third-order valence-corrected chi connectivity index (χ3v) is 9.76. The Morgan fingerprint density at radius 1 is 1.07 bits per heavy atom. The molecule has 0 unspecified atom stereocenters. The molecule has 14 heavy (non-hydrogen) atoms. The molecule has 0 nitrogen and oxygen atoms in total. The summed E-state index contributed by atoms with van der Waals surface area (Å²) >= 11 is 2.76. The molecule has 0 aliphatic carbocycles. The monoisotopic (exact) mass is 386 g/mol. The first-order valence-electron chi connectivity index (χ1n) is 3.77. The Hall–Kier alpha value is 0.910. The van der Waals surface area contributed by atoms with Crippen molar-refractivity contribution < 1.29 is 0 Å². The SMILES string of the molecule is C/C(=C(/Cl)c1ccccc1)[Te](Cl)(Cl)Cl. The Labute approximate surface area is 104 Å². The van der Waals surface area contributed by atoms with Gasteiger partial charge >= 0.3 is 105 Å². The molecular weight excluding hydrogens is 378 g/mol. The summed E-state index contributed by atoms with van der Waals surface area (Å²) in [4.78, 5) is 0. The first-order valence-corrected chi connectivity index (χ1v) is 14.2. The molecule has 78 valence electrons. The number of rotatable bonds is 2. The summed E-state index contributed by atoms with van der Waals surface area (Å²) in [6.07, 6.45) is 0. The van der Waals surface area contributed by atoms with E-state index in [1.54, 1.807) is 6.92 Å². The van der Waals surface area contributed by atoms with Crippen molar-refractivity contribution in [3.05, 3.63) is 39.5 Å². The van der Waals surface area contributed by atoms with Gasteiger partial charge in [-0.15, -0.1) is 0 Å². The molecular formula is C9H8Cl4Te. The van der Waals surface area contributed by atoms with E-state index in [9.17, 15) is 0 Å². The van der Waals surface area contributed by atoms with Crippen LogP contribution in [0.5, 0.6) is 0 Å². The molecule has 1 aromatic rings. The van der Waals surface area contributed by atoms with Gasteiger partial charge in [-0.25, -0.2) is 0 Å². The Balaban J connectivity index is 3.12. The summed E-state index contributed by atoms with van der Waals surface area (Å²) in [7, 11) is 17.7. The molecule has 0 aromatic heterocycles. The van der Waals surface area contributed by atoms with Crippen molar-refractivity contribution in [3.63, 3.8) is 0 Å². The van der Waals surface area contributed by atoms with Crippen LogP contribution in [0.3, 0.4) is 0 Å². The van der Waals surface area contributed by atoms with Gasteiger partial charge in [0.15, 0.2) is 0 Å². The number of halogens is 4. The predicted octanol–water partition coefficient (Wildman–Crippen LogP) is 4.85. The number of hydrogen-bond acceptors (Lipinski definition) is 0. The fourth-order valence-electron chi connectivity index (χ4n) is 0.889. The molecule has 0 N–H and O–H groups in total. The Bertz CT molecular complexity index is 340. The van der Waals surface area contributed by atoms with Gasteiger partial charge in [0.1, 0.15) is 0 Å². The summed E-state index contributed by atoms with van der Waals surface area (Å²) < 4.78 is 0.713. The average molecular weight is 386 g/mol. The van der Waals surface area contributed by atoms with E-state index in [0.29, 0.717) is 8.65 Å². The second-order valence-electron chi connectivity index (χ2n) is 2.64. The number of benzene rings is 1. The van der Waals surface area contributed by atoms with E-state index in [2.05, 4.69) is 0 Å². The Morgan fingerprint density at radius 3 is 2.00 bits per heavy atom. The van der Waals surface area contributed by atoms with Crippen molar-refractivity contribution in [1.29, 1.82) is 0 Å². The molecule has 0 saturated heterocycles. The van der Waals surface area contributed by atoms with Gasteiger partial charge in [-0.1, -0.05) is 0 Å². The van der Waals surface area contributed by atoms with Crippen LogP contribution in [0.2, 0.25) is 0 Å². The Morgan fingerprint density at radius 2 is 1.57 bits per heavy atom. The van der Waals surface area contributed by atoms with Crippen LogP contribution >= 0.6 is 38.5 Å². The molecule has 0 heterocycles. The summed E-state index contributed by atoms with van der Waals surface area (Å²) in [5.74, 6) is 0. The molecule has 0 radical (unpaired) electrons. The summed E-state index contributed by atoms with van der Waals surface area (Å²) in [5, 5.41) is 0.562. The predicted molar refractivity (Wildman–Crippen MR) is 68.2 cm³/mol. The zero-order valence-electron chi connectivity index (χ0n) is 7.31. The maximum absolute atomic E-state index is 6.12. The van der Waals surface area contributed by atoms with Crippen molar-refractivity contribution in [3.8, 4) is 0 Å². The van der Waals surface area contributed by atoms with Gasteiger partial charge < -0.3 is 0 Å². The number of hydrogen-bond donors (Lipinski definition) is 0. The first kappa shape index (κ1) is 13.0. The molecule has 0 aliphatic rings. The van der Waals surface area contributed by atoms with Crippen molar-refractivity contribution in [2.24, 2.45) is 0 Å². The zero-order chi connectivity index (χ0) is 10.8. The first-order chi connectivity index (χ1) is 6.43. The quantitative estimate of drug-likeness (QED) is 0.639. The van der Waals surface area contributed by atoms with E-state index < -0.39 is 14.8 Å². The van der Waals surface area contributed by atoms with Crippen LogP contribution < -0.4 is 0 Å². The van der Waals surface area contributed by atoms with Crippen LogP contribution in [0.1, 0.15) is 12.5 Å². The zero-order valence-corrected chi connectivity index (χ0v) is 12.7. The van der Waals surface area contributed by atoms with Gasteiger partial charge in [0.25, 0.3) is 0 Å². The second kappa shape index (κ2) is 5.30. The average Bonchev–Trinajstić information content (AvgIpc) is 2.15. The Kier molecular flexibility index (Phi) is 4.91. The second-order valence-corrected chi connectivity index (χ2v) is 19.6. The topological polar surface area (TPSA) is 0 Å². The van der Waals surface area contributed by atoms with Crippen LogP contribution in [-0.4, -0.2) is 14.8 Å². The van der Waals surface area contributed by atoms with Crippen LogP contribution in [0, 0.1) is 0 Å². The van der Waals surface area contributed by atoms with Crippen LogP contribution in [-0.2, 0) is 0 Å². The molecule has 0 fully saturated rings. The van der Waals surface area contributed by atoms with Crippen molar-refractivity contribution in [2.75, 3.05) is 0 Å². The fraction of sp³-hybridized carbons (Fsp3) is 0.111. The summed E-state index contributed by atoms with van der Waals surface area (Å²) in [6, 6.07) is 9.50. The van der Waals surface area contributed by atoms with Gasteiger partial charge in [-0.2, -0.15) is 0 Å². The van der Waals surface area contributed by atoms with Gasteiger partial charge in [0, 0.05) is 0 Å². The van der Waals surface area contributed by atoms with Gasteiger partial charge in [0.05, 0.1) is 0 Å². The van der Waals surface area contributed by atoms with E-state index in [1.165, 1.54) is 0 Å². The van der Waals surface area contributed by atoms with Crippen molar-refractivity contribution in [2.45, 2.75) is 6.92 Å². The minimum atomic E-state index is -3.35. The molecule has 0 aliphatic heterocycles. The fourth-order valence-corrected chi connectivity index (χ4v) is 5.06. The molecule has 0 bridgehead atoms. The summed E-state index contributed by atoms with van der Waals surface area (Å²) in [5.41, 5.74) is 0.893. The van der Waals surface area contributed by atoms with E-state index in [4.69, 9.17) is 38.5 Å². The molecule has 0 atom stereocenters. The van der Waals surface area contributed by atoms with Gasteiger partial charge in [0.2, 0.25) is 0 Å².